The van der Waals surface area contributed by atoms with Gasteiger partial charge >= 0.3 is 0 Å². The van der Waals surface area contributed by atoms with Gasteiger partial charge in [0.2, 0.25) is 0 Å². The Morgan fingerprint density at radius 3 is 2.38 bits per heavy atom. The minimum absolute atomic E-state index is 0.594. The van der Waals surface area contributed by atoms with Crippen molar-refractivity contribution in [2.45, 2.75) is 91.0 Å². The molecule has 122 valence electrons. The van der Waals surface area contributed by atoms with Crippen LogP contribution >= 0.6 is 0 Å². The van der Waals surface area contributed by atoms with Crippen LogP contribution in [0.5, 0.6) is 0 Å². The van der Waals surface area contributed by atoms with E-state index in [9.17, 15) is 0 Å². The van der Waals surface area contributed by atoms with E-state index in [0.717, 1.165) is 29.7 Å². The summed E-state index contributed by atoms with van der Waals surface area (Å²) in [5.74, 6) is 4.04. The average Bonchev–Trinajstić information content (AvgIpc) is 3.29. The molecule has 3 rings (SSSR count). The van der Waals surface area contributed by atoms with Crippen LogP contribution < -0.4 is 5.32 Å². The van der Waals surface area contributed by atoms with Crippen LogP contribution in [0.15, 0.2) is 0 Å². The normalized spacial score (nSPS) is 40.1. The quantitative estimate of drug-likeness (QED) is 0.715. The van der Waals surface area contributed by atoms with E-state index in [1.54, 1.807) is 0 Å². The summed E-state index contributed by atoms with van der Waals surface area (Å²) in [5.41, 5.74) is 0.594. The monoisotopic (exact) mass is 291 g/mol. The van der Waals surface area contributed by atoms with Crippen molar-refractivity contribution in [2.75, 3.05) is 6.54 Å². The van der Waals surface area contributed by atoms with Crippen molar-refractivity contribution in [2.24, 2.45) is 29.1 Å². The highest BCUT2D eigenvalue weighted by Crippen LogP contribution is 2.50. The Morgan fingerprint density at radius 1 is 0.905 bits per heavy atom. The van der Waals surface area contributed by atoms with Crippen LogP contribution in [0.25, 0.3) is 0 Å². The molecule has 3 aliphatic carbocycles. The van der Waals surface area contributed by atoms with E-state index in [-0.39, 0.29) is 0 Å². The molecular weight excluding hydrogens is 254 g/mol. The summed E-state index contributed by atoms with van der Waals surface area (Å²) in [6.07, 6.45) is 14.7. The zero-order chi connectivity index (χ0) is 14.9. The molecule has 3 fully saturated rings. The Kier molecular flexibility index (Phi) is 4.98. The molecule has 0 spiro atoms. The molecule has 3 saturated carbocycles. The highest BCUT2D eigenvalue weighted by atomic mass is 14.9. The molecule has 1 N–H and O–H groups in total. The minimum Gasteiger partial charge on any atom is -0.314 e. The van der Waals surface area contributed by atoms with Crippen molar-refractivity contribution in [1.82, 2.24) is 5.32 Å². The van der Waals surface area contributed by atoms with Crippen LogP contribution in [0.3, 0.4) is 0 Å². The highest BCUT2D eigenvalue weighted by Gasteiger charge is 2.41. The lowest BCUT2D eigenvalue weighted by molar-refractivity contribution is 0.0287. The molecule has 0 heterocycles. The third kappa shape index (κ3) is 4.03. The minimum atomic E-state index is 0.594. The van der Waals surface area contributed by atoms with Crippen molar-refractivity contribution < 1.29 is 0 Å². The molecule has 0 radical (unpaired) electrons. The topological polar surface area (TPSA) is 12.0 Å². The fourth-order valence-electron chi connectivity index (χ4n) is 5.36. The Hall–Kier alpha value is -0.0400. The van der Waals surface area contributed by atoms with E-state index in [1.165, 1.54) is 70.8 Å². The third-order valence-corrected chi connectivity index (χ3v) is 6.87. The maximum absolute atomic E-state index is 3.86. The summed E-state index contributed by atoms with van der Waals surface area (Å²) in [5, 5.41) is 3.86. The van der Waals surface area contributed by atoms with Gasteiger partial charge in [0.15, 0.2) is 0 Å². The zero-order valence-corrected chi connectivity index (χ0v) is 14.7. The number of rotatable bonds is 5. The molecule has 4 atom stereocenters. The summed E-state index contributed by atoms with van der Waals surface area (Å²) in [4.78, 5) is 0. The van der Waals surface area contributed by atoms with Crippen molar-refractivity contribution in [3.05, 3.63) is 0 Å². The van der Waals surface area contributed by atoms with E-state index in [1.807, 2.05) is 0 Å². The van der Waals surface area contributed by atoms with Crippen molar-refractivity contribution >= 4 is 0 Å². The number of hydrogen-bond acceptors (Lipinski definition) is 1. The second-order valence-electron chi connectivity index (χ2n) is 9.13. The molecule has 0 bridgehead atoms. The molecule has 3 aliphatic rings. The Balaban J connectivity index is 1.68. The summed E-state index contributed by atoms with van der Waals surface area (Å²) < 4.78 is 0. The van der Waals surface area contributed by atoms with E-state index in [0.29, 0.717) is 5.41 Å². The second kappa shape index (κ2) is 6.60. The molecule has 21 heavy (non-hydrogen) atoms. The molecule has 1 nitrogen and oxygen atoms in total. The zero-order valence-electron chi connectivity index (χ0n) is 14.7. The van der Waals surface area contributed by atoms with Crippen LogP contribution in [0, 0.1) is 29.1 Å². The third-order valence-electron chi connectivity index (χ3n) is 6.87. The van der Waals surface area contributed by atoms with Crippen molar-refractivity contribution in [1.29, 1.82) is 0 Å². The molecule has 1 heteroatoms. The fraction of sp³-hybridized carbons (Fsp3) is 1.00. The predicted molar refractivity (Wildman–Crippen MR) is 91.4 cm³/mol. The van der Waals surface area contributed by atoms with Crippen LogP contribution in [0.2, 0.25) is 0 Å². The molecule has 0 aromatic carbocycles. The standard InChI is InChI=1S/C20H37N/c1-4-15-7-5-6-8-18(15)19-13-20(2,3)12-11-16(19)14-21-17-9-10-17/h15-19,21H,4-14H2,1-3H3. The van der Waals surface area contributed by atoms with E-state index in [4.69, 9.17) is 0 Å². The second-order valence-corrected chi connectivity index (χ2v) is 9.13. The van der Waals surface area contributed by atoms with Crippen molar-refractivity contribution in [3.63, 3.8) is 0 Å². The molecule has 4 unspecified atom stereocenters. The van der Waals surface area contributed by atoms with Gasteiger partial charge in [-0.3, -0.25) is 0 Å². The first kappa shape index (κ1) is 15.8. The van der Waals surface area contributed by atoms with Crippen molar-refractivity contribution in [3.8, 4) is 0 Å². The van der Waals surface area contributed by atoms with E-state index in [2.05, 4.69) is 26.1 Å². The average molecular weight is 292 g/mol. The first-order valence-electron chi connectivity index (χ1n) is 9.82. The van der Waals surface area contributed by atoms with Crippen LogP contribution in [0.4, 0.5) is 0 Å². The van der Waals surface area contributed by atoms with Gasteiger partial charge < -0.3 is 5.32 Å². The first-order valence-corrected chi connectivity index (χ1v) is 9.82. The summed E-state index contributed by atoms with van der Waals surface area (Å²) in [7, 11) is 0. The molecule has 0 amide bonds. The summed E-state index contributed by atoms with van der Waals surface area (Å²) in [6, 6.07) is 0.883. The Bertz CT molecular complexity index is 329. The van der Waals surface area contributed by atoms with Gasteiger partial charge in [0.1, 0.15) is 0 Å². The molecule has 0 saturated heterocycles. The summed E-state index contributed by atoms with van der Waals surface area (Å²) >= 11 is 0. The van der Waals surface area contributed by atoms with Crippen LogP contribution in [-0.2, 0) is 0 Å². The number of hydrogen-bond donors (Lipinski definition) is 1. The van der Waals surface area contributed by atoms with Gasteiger partial charge in [0, 0.05) is 6.04 Å². The molecular formula is C20H37N. The predicted octanol–water partition coefficient (Wildman–Crippen LogP) is 5.40. The van der Waals surface area contributed by atoms with Gasteiger partial charge in [-0.1, -0.05) is 46.5 Å². The van der Waals surface area contributed by atoms with E-state index < -0.39 is 0 Å². The maximum atomic E-state index is 3.86. The largest absolute Gasteiger partial charge is 0.314 e. The smallest absolute Gasteiger partial charge is 0.00683 e. The van der Waals surface area contributed by atoms with Gasteiger partial charge in [-0.05, 0) is 74.2 Å². The van der Waals surface area contributed by atoms with Gasteiger partial charge in [-0.2, -0.15) is 0 Å². The van der Waals surface area contributed by atoms with E-state index >= 15 is 0 Å². The Labute approximate surface area is 132 Å². The maximum Gasteiger partial charge on any atom is 0.00683 e. The van der Waals surface area contributed by atoms with Gasteiger partial charge in [-0.15, -0.1) is 0 Å². The molecule has 0 aromatic rings. The fourth-order valence-corrected chi connectivity index (χ4v) is 5.36. The molecule has 0 aromatic heterocycles. The van der Waals surface area contributed by atoms with Gasteiger partial charge in [-0.25, -0.2) is 0 Å². The van der Waals surface area contributed by atoms with Gasteiger partial charge in [0.05, 0.1) is 0 Å². The van der Waals surface area contributed by atoms with Crippen LogP contribution in [0.1, 0.15) is 85.0 Å². The first-order chi connectivity index (χ1) is 10.1. The van der Waals surface area contributed by atoms with Gasteiger partial charge in [0.25, 0.3) is 0 Å². The lowest BCUT2D eigenvalue weighted by Gasteiger charge is -2.48. The molecule has 0 aliphatic heterocycles. The SMILES string of the molecule is CCC1CCCCC1C1CC(C)(C)CCC1CNC1CC1. The highest BCUT2D eigenvalue weighted by molar-refractivity contribution is 4.93. The lowest BCUT2D eigenvalue weighted by atomic mass is 9.58. The lowest BCUT2D eigenvalue weighted by Crippen LogP contribution is -2.42. The van der Waals surface area contributed by atoms with Crippen LogP contribution in [-0.4, -0.2) is 12.6 Å². The number of nitrogens with one attached hydrogen (secondary N) is 1. The Morgan fingerprint density at radius 2 is 1.67 bits per heavy atom. The summed E-state index contributed by atoms with van der Waals surface area (Å²) in [6.45, 7) is 8.80.